The van der Waals surface area contributed by atoms with E-state index in [9.17, 15) is 9.59 Å². The smallest absolute Gasteiger partial charge is 0.359 e. The normalized spacial score (nSPS) is 15.3. The lowest BCUT2D eigenvalue weighted by Crippen LogP contribution is -2.23. The zero-order valence-electron chi connectivity index (χ0n) is 14.9. The van der Waals surface area contributed by atoms with Gasteiger partial charge >= 0.3 is 5.97 Å². The van der Waals surface area contributed by atoms with Gasteiger partial charge in [-0.1, -0.05) is 30.3 Å². The van der Waals surface area contributed by atoms with Crippen molar-refractivity contribution >= 4 is 63.2 Å². The zero-order chi connectivity index (χ0) is 19.7. The molecule has 1 aromatic heterocycles. The Kier molecular flexibility index (Phi) is 4.89. The van der Waals surface area contributed by atoms with Crippen molar-refractivity contribution in [2.75, 3.05) is 11.6 Å². The number of hydrogen-bond acceptors (Lipinski definition) is 6. The largest absolute Gasteiger partial charge is 0.461 e. The Morgan fingerprint density at radius 1 is 1.18 bits per heavy atom. The molecule has 8 heteroatoms. The molecule has 0 spiro atoms. The third kappa shape index (κ3) is 3.17. The average molecular weight is 409 g/mol. The van der Waals surface area contributed by atoms with Crippen LogP contribution in [0.25, 0.3) is 16.4 Å². The minimum atomic E-state index is -0.647. The van der Waals surface area contributed by atoms with Crippen LogP contribution in [0, 0.1) is 3.95 Å². The Labute approximate surface area is 170 Å². The Bertz CT molecular complexity index is 1190. The van der Waals surface area contributed by atoms with Gasteiger partial charge in [-0.2, -0.15) is 10.1 Å². The van der Waals surface area contributed by atoms with Crippen LogP contribution < -0.4 is 5.01 Å². The molecule has 0 aliphatic carbocycles. The summed E-state index contributed by atoms with van der Waals surface area (Å²) >= 11 is 6.89. The van der Waals surface area contributed by atoms with E-state index in [0.29, 0.717) is 9.64 Å². The van der Waals surface area contributed by atoms with E-state index >= 15 is 0 Å². The van der Waals surface area contributed by atoms with Crippen molar-refractivity contribution in [3.8, 4) is 0 Å². The quantitative estimate of drug-likeness (QED) is 0.367. The van der Waals surface area contributed by atoms with Crippen LogP contribution in [0.4, 0.5) is 5.69 Å². The summed E-state index contributed by atoms with van der Waals surface area (Å²) in [6.45, 7) is 1.89. The molecule has 1 aliphatic heterocycles. The van der Waals surface area contributed by atoms with Crippen LogP contribution in [0.2, 0.25) is 0 Å². The SMILES string of the molecule is CCOC(=O)C1=NN(c2ccccc2)C(=O)/C1=C\n1c(=S)sc2ccccc21. The summed E-state index contributed by atoms with van der Waals surface area (Å²) in [6, 6.07) is 16.6. The number of carbonyl (C=O) groups excluding carboxylic acids is 2. The van der Waals surface area contributed by atoms with E-state index in [1.54, 1.807) is 42.0 Å². The van der Waals surface area contributed by atoms with Gasteiger partial charge in [-0.05, 0) is 43.4 Å². The highest BCUT2D eigenvalue weighted by molar-refractivity contribution is 7.73. The number of nitrogens with zero attached hydrogens (tertiary/aromatic N) is 3. The lowest BCUT2D eigenvalue weighted by molar-refractivity contribution is -0.135. The van der Waals surface area contributed by atoms with E-state index in [2.05, 4.69) is 5.10 Å². The summed E-state index contributed by atoms with van der Waals surface area (Å²) in [4.78, 5) is 25.5. The number of esters is 1. The molecule has 2 heterocycles. The van der Waals surface area contributed by atoms with E-state index in [1.807, 2.05) is 30.3 Å². The summed E-state index contributed by atoms with van der Waals surface area (Å²) in [5.74, 6) is -1.06. The van der Waals surface area contributed by atoms with Gasteiger partial charge in [0.2, 0.25) is 0 Å². The van der Waals surface area contributed by atoms with Gasteiger partial charge in [0.15, 0.2) is 9.67 Å². The second kappa shape index (κ2) is 7.49. The molecule has 28 heavy (non-hydrogen) atoms. The number of anilines is 1. The fraction of sp³-hybridized carbons (Fsp3) is 0.100. The molecule has 0 atom stereocenters. The molecule has 0 unspecified atom stereocenters. The predicted octanol–water partition coefficient (Wildman–Crippen LogP) is 4.24. The summed E-state index contributed by atoms with van der Waals surface area (Å²) in [6.07, 6.45) is 1.57. The lowest BCUT2D eigenvalue weighted by Gasteiger charge is -2.10. The van der Waals surface area contributed by atoms with Crippen LogP contribution in [-0.4, -0.2) is 28.8 Å². The van der Waals surface area contributed by atoms with Crippen molar-refractivity contribution < 1.29 is 14.3 Å². The molecule has 2 aromatic carbocycles. The number of benzene rings is 2. The molecule has 1 aliphatic rings. The average Bonchev–Trinajstić information content (AvgIpc) is 3.20. The van der Waals surface area contributed by atoms with Crippen molar-refractivity contribution in [1.29, 1.82) is 0 Å². The van der Waals surface area contributed by atoms with Crippen LogP contribution in [-0.2, 0) is 14.3 Å². The number of para-hydroxylation sites is 2. The van der Waals surface area contributed by atoms with Gasteiger partial charge < -0.3 is 4.74 Å². The van der Waals surface area contributed by atoms with Gasteiger partial charge in [-0.25, -0.2) is 4.79 Å². The predicted molar refractivity (Wildman–Crippen MR) is 113 cm³/mol. The van der Waals surface area contributed by atoms with Crippen LogP contribution in [0.5, 0.6) is 0 Å². The Hall–Kier alpha value is -3.10. The molecule has 1 amide bonds. The number of hydrogen-bond donors (Lipinski definition) is 0. The molecule has 0 fully saturated rings. The topological polar surface area (TPSA) is 63.9 Å². The van der Waals surface area contributed by atoms with Crippen molar-refractivity contribution in [3.63, 3.8) is 0 Å². The second-order valence-corrected chi connectivity index (χ2v) is 7.55. The lowest BCUT2D eigenvalue weighted by atomic mass is 10.1. The van der Waals surface area contributed by atoms with Gasteiger partial charge in [-0.3, -0.25) is 9.36 Å². The number of carbonyl (C=O) groups is 2. The monoisotopic (exact) mass is 409 g/mol. The molecular formula is C20H15N3O3S2. The van der Waals surface area contributed by atoms with Crippen molar-refractivity contribution in [3.05, 3.63) is 64.1 Å². The molecular weight excluding hydrogens is 394 g/mol. The Morgan fingerprint density at radius 2 is 1.89 bits per heavy atom. The Balaban J connectivity index is 1.86. The fourth-order valence-corrected chi connectivity index (χ4v) is 4.14. The van der Waals surface area contributed by atoms with Gasteiger partial charge in [0.05, 0.1) is 28.1 Å². The molecule has 3 aromatic rings. The number of aromatic nitrogens is 1. The summed E-state index contributed by atoms with van der Waals surface area (Å²) in [5, 5.41) is 5.45. The van der Waals surface area contributed by atoms with Gasteiger partial charge in [0.1, 0.15) is 0 Å². The van der Waals surface area contributed by atoms with Gasteiger partial charge in [0, 0.05) is 6.20 Å². The van der Waals surface area contributed by atoms with E-state index in [1.165, 1.54) is 16.3 Å². The molecule has 0 saturated heterocycles. The third-order valence-corrected chi connectivity index (χ3v) is 5.51. The molecule has 0 saturated carbocycles. The molecule has 140 valence electrons. The number of thiazole rings is 1. The highest BCUT2D eigenvalue weighted by atomic mass is 32.1. The number of ether oxygens (including phenoxy) is 1. The molecule has 6 nitrogen and oxygen atoms in total. The van der Waals surface area contributed by atoms with Crippen LogP contribution in [0.3, 0.4) is 0 Å². The van der Waals surface area contributed by atoms with E-state index in [0.717, 1.165) is 10.2 Å². The fourth-order valence-electron chi connectivity index (χ4n) is 2.86. The third-order valence-electron chi connectivity index (χ3n) is 4.12. The molecule has 0 N–H and O–H groups in total. The van der Waals surface area contributed by atoms with Crippen molar-refractivity contribution in [2.45, 2.75) is 6.92 Å². The summed E-state index contributed by atoms with van der Waals surface area (Å²) < 4.78 is 8.39. The van der Waals surface area contributed by atoms with E-state index in [4.69, 9.17) is 17.0 Å². The number of hydrazone groups is 1. The van der Waals surface area contributed by atoms with Crippen molar-refractivity contribution in [2.24, 2.45) is 5.10 Å². The van der Waals surface area contributed by atoms with E-state index < -0.39 is 11.9 Å². The minimum absolute atomic E-state index is 0.0344. The number of rotatable bonds is 4. The number of amides is 1. The van der Waals surface area contributed by atoms with Crippen molar-refractivity contribution in [1.82, 2.24) is 4.57 Å². The molecule has 0 bridgehead atoms. The first-order valence-corrected chi connectivity index (χ1v) is 9.80. The number of fused-ring (bicyclic) bond motifs is 1. The second-order valence-electron chi connectivity index (χ2n) is 5.87. The van der Waals surface area contributed by atoms with Gasteiger partial charge in [-0.15, -0.1) is 11.3 Å². The van der Waals surface area contributed by atoms with E-state index in [-0.39, 0.29) is 17.9 Å². The summed E-state index contributed by atoms with van der Waals surface area (Å²) in [5.41, 5.74) is 1.53. The Morgan fingerprint density at radius 3 is 2.64 bits per heavy atom. The highest BCUT2D eigenvalue weighted by Gasteiger charge is 2.36. The van der Waals surface area contributed by atoms with Crippen LogP contribution in [0.15, 0.2) is 65.3 Å². The maximum atomic E-state index is 13.1. The van der Waals surface area contributed by atoms with Crippen LogP contribution in [0.1, 0.15) is 6.92 Å². The first-order chi connectivity index (χ1) is 13.6. The first-order valence-electron chi connectivity index (χ1n) is 8.57. The molecule has 0 radical (unpaired) electrons. The zero-order valence-corrected chi connectivity index (χ0v) is 16.5. The minimum Gasteiger partial charge on any atom is -0.461 e. The first kappa shape index (κ1) is 18.3. The maximum Gasteiger partial charge on any atom is 0.359 e. The molecule has 4 rings (SSSR count). The summed E-state index contributed by atoms with van der Waals surface area (Å²) in [7, 11) is 0. The maximum absolute atomic E-state index is 13.1. The standard InChI is InChI=1S/C20H15N3O3S2/c1-2-26-19(25)17-14(18(24)23(21-17)13-8-4-3-5-9-13)12-22-15-10-6-7-11-16(15)28-20(22)27/h3-12H,2H2,1H3/b14-12-. The van der Waals surface area contributed by atoms with Crippen LogP contribution >= 0.6 is 23.6 Å². The van der Waals surface area contributed by atoms with Gasteiger partial charge in [0.25, 0.3) is 5.91 Å². The highest BCUT2D eigenvalue weighted by Crippen LogP contribution is 2.27.